The van der Waals surface area contributed by atoms with Crippen LogP contribution < -0.4 is 11.1 Å². The van der Waals surface area contributed by atoms with Gasteiger partial charge in [0.25, 0.3) is 5.91 Å². The molecule has 0 spiro atoms. The Balaban J connectivity index is 1.66. The summed E-state index contributed by atoms with van der Waals surface area (Å²) in [4.78, 5) is 31.2. The fourth-order valence-corrected chi connectivity index (χ4v) is 4.48. The molecule has 2 amide bonds. The largest absolute Gasteiger partial charge is 0.375 e. The van der Waals surface area contributed by atoms with Gasteiger partial charge in [0.05, 0.1) is 0 Å². The minimum atomic E-state index is -0.160. The second kappa shape index (κ2) is 7.09. The van der Waals surface area contributed by atoms with Crippen molar-refractivity contribution in [1.82, 2.24) is 15.2 Å². The monoisotopic (exact) mass is 350 g/mol. The zero-order valence-electron chi connectivity index (χ0n) is 14.3. The first-order valence-electron chi connectivity index (χ1n) is 8.83. The van der Waals surface area contributed by atoms with E-state index in [-0.39, 0.29) is 35.9 Å². The zero-order valence-corrected chi connectivity index (χ0v) is 15.1. The number of nitrogens with one attached hydrogen (secondary N) is 1. The molecular weight excluding hydrogens is 324 g/mol. The summed E-state index contributed by atoms with van der Waals surface area (Å²) in [6.45, 7) is 4.07. The molecule has 1 aromatic rings. The standard InChI is InChI=1S/C17H26N4O2S/c1-3-10(2)16(23)21-12-5-4-6-13(21)8-11(7-12)19-15(22)14-9-24-17(18)20-14/h9-13H,3-8H2,1-2H3,(H2,18,20)(H,19,22)/t10?,11?,12-,13+. The number of nitrogens with two attached hydrogens (primary N) is 1. The van der Waals surface area contributed by atoms with Crippen LogP contribution in [0.25, 0.3) is 0 Å². The summed E-state index contributed by atoms with van der Waals surface area (Å²) in [6.07, 6.45) is 5.79. The molecule has 0 saturated carbocycles. The maximum absolute atomic E-state index is 12.7. The van der Waals surface area contributed by atoms with Gasteiger partial charge in [-0.25, -0.2) is 4.98 Å². The Kier molecular flexibility index (Phi) is 5.08. The molecule has 2 aliphatic rings. The van der Waals surface area contributed by atoms with Gasteiger partial charge in [0.1, 0.15) is 5.69 Å². The van der Waals surface area contributed by atoms with E-state index in [1.165, 1.54) is 17.8 Å². The zero-order chi connectivity index (χ0) is 17.3. The number of aromatic nitrogens is 1. The molecule has 2 aliphatic heterocycles. The number of hydrogen-bond donors (Lipinski definition) is 2. The van der Waals surface area contributed by atoms with Crippen LogP contribution in [0.2, 0.25) is 0 Å². The van der Waals surface area contributed by atoms with Crippen LogP contribution >= 0.6 is 11.3 Å². The van der Waals surface area contributed by atoms with Crippen molar-refractivity contribution < 1.29 is 9.59 Å². The number of nitrogens with zero attached hydrogens (tertiary/aromatic N) is 2. The molecule has 3 heterocycles. The Morgan fingerprint density at radius 2 is 2.08 bits per heavy atom. The van der Waals surface area contributed by atoms with Crippen LogP contribution in [-0.2, 0) is 4.79 Å². The summed E-state index contributed by atoms with van der Waals surface area (Å²) in [5, 5.41) is 5.19. The number of nitrogen functional groups attached to an aromatic ring is 1. The number of carbonyl (C=O) groups is 2. The van der Waals surface area contributed by atoms with Gasteiger partial charge >= 0.3 is 0 Å². The van der Waals surface area contributed by atoms with E-state index < -0.39 is 0 Å². The van der Waals surface area contributed by atoms with Gasteiger partial charge in [0.2, 0.25) is 5.91 Å². The van der Waals surface area contributed by atoms with E-state index in [4.69, 9.17) is 5.73 Å². The van der Waals surface area contributed by atoms with Crippen molar-refractivity contribution in [2.75, 3.05) is 5.73 Å². The van der Waals surface area contributed by atoms with E-state index in [0.717, 1.165) is 32.1 Å². The van der Waals surface area contributed by atoms with E-state index in [0.29, 0.717) is 10.8 Å². The number of hydrogen-bond acceptors (Lipinski definition) is 5. The first-order chi connectivity index (χ1) is 11.5. The van der Waals surface area contributed by atoms with Crippen molar-refractivity contribution in [3.8, 4) is 0 Å². The van der Waals surface area contributed by atoms with Gasteiger partial charge in [-0.05, 0) is 38.5 Å². The Labute approximate surface area is 146 Å². The molecule has 0 aliphatic carbocycles. The highest BCUT2D eigenvalue weighted by Gasteiger charge is 2.42. The SMILES string of the molecule is CCC(C)C(=O)N1[C@@H]2CCC[C@H]1CC(NC(=O)c1csc(N)n1)C2. The second-order valence-corrected chi connectivity index (χ2v) is 7.90. The molecule has 2 bridgehead atoms. The van der Waals surface area contributed by atoms with Crippen LogP contribution in [0.15, 0.2) is 5.38 Å². The van der Waals surface area contributed by atoms with Gasteiger partial charge in [0.15, 0.2) is 5.13 Å². The molecule has 2 fully saturated rings. The highest BCUT2D eigenvalue weighted by molar-refractivity contribution is 7.13. The predicted octanol–water partition coefficient (Wildman–Crippen LogP) is 2.41. The van der Waals surface area contributed by atoms with E-state index >= 15 is 0 Å². The molecule has 2 unspecified atom stereocenters. The molecule has 132 valence electrons. The number of carbonyl (C=O) groups excluding carboxylic acids is 2. The number of anilines is 1. The van der Waals surface area contributed by atoms with Crippen LogP contribution in [0.4, 0.5) is 5.13 Å². The molecule has 0 radical (unpaired) electrons. The minimum absolute atomic E-state index is 0.0808. The van der Waals surface area contributed by atoms with Crippen LogP contribution in [0, 0.1) is 5.92 Å². The number of amides is 2. The lowest BCUT2D eigenvalue weighted by molar-refractivity contribution is -0.145. The molecule has 7 heteroatoms. The number of fused-ring (bicyclic) bond motifs is 2. The van der Waals surface area contributed by atoms with E-state index in [1.54, 1.807) is 5.38 Å². The highest BCUT2D eigenvalue weighted by atomic mass is 32.1. The van der Waals surface area contributed by atoms with Crippen LogP contribution in [0.1, 0.15) is 62.9 Å². The summed E-state index contributed by atoms with van der Waals surface area (Å²) >= 11 is 1.27. The van der Waals surface area contributed by atoms with E-state index in [9.17, 15) is 9.59 Å². The highest BCUT2D eigenvalue weighted by Crippen LogP contribution is 2.35. The smallest absolute Gasteiger partial charge is 0.271 e. The quantitative estimate of drug-likeness (QED) is 0.873. The molecule has 3 rings (SSSR count). The molecular formula is C17H26N4O2S. The summed E-state index contributed by atoms with van der Waals surface area (Å²) in [7, 11) is 0. The van der Waals surface area contributed by atoms with Gasteiger partial charge in [-0.2, -0.15) is 0 Å². The summed E-state index contributed by atoms with van der Waals surface area (Å²) in [5.74, 6) is 0.203. The predicted molar refractivity (Wildman–Crippen MR) is 94.7 cm³/mol. The molecule has 4 atom stereocenters. The van der Waals surface area contributed by atoms with E-state index in [1.807, 2.05) is 6.92 Å². The van der Waals surface area contributed by atoms with Gasteiger partial charge in [0, 0.05) is 29.4 Å². The second-order valence-electron chi connectivity index (χ2n) is 7.01. The maximum atomic E-state index is 12.7. The molecule has 0 aromatic carbocycles. The molecule has 2 saturated heterocycles. The third-order valence-corrected chi connectivity index (χ3v) is 6.03. The van der Waals surface area contributed by atoms with Gasteiger partial charge in [-0.1, -0.05) is 13.8 Å². The summed E-state index contributed by atoms with van der Waals surface area (Å²) in [5.41, 5.74) is 5.99. The Bertz CT molecular complexity index is 603. The average molecular weight is 350 g/mol. The summed E-state index contributed by atoms with van der Waals surface area (Å²) in [6, 6.07) is 0.617. The van der Waals surface area contributed by atoms with Gasteiger partial charge in [-0.3, -0.25) is 9.59 Å². The Hall–Kier alpha value is -1.63. The van der Waals surface area contributed by atoms with Crippen LogP contribution in [-0.4, -0.2) is 39.8 Å². The molecule has 24 heavy (non-hydrogen) atoms. The van der Waals surface area contributed by atoms with Gasteiger partial charge in [-0.15, -0.1) is 11.3 Å². The van der Waals surface area contributed by atoms with E-state index in [2.05, 4.69) is 22.1 Å². The topological polar surface area (TPSA) is 88.3 Å². The number of piperidine rings is 2. The fourth-order valence-electron chi connectivity index (χ4n) is 3.94. The number of thiazole rings is 1. The van der Waals surface area contributed by atoms with Crippen molar-refractivity contribution >= 4 is 28.3 Å². The number of rotatable bonds is 4. The molecule has 1 aromatic heterocycles. The Morgan fingerprint density at radius 3 is 2.62 bits per heavy atom. The fraction of sp³-hybridized carbons (Fsp3) is 0.706. The summed E-state index contributed by atoms with van der Waals surface area (Å²) < 4.78 is 0. The lowest BCUT2D eigenvalue weighted by Gasteiger charge is -2.49. The minimum Gasteiger partial charge on any atom is -0.375 e. The third-order valence-electron chi connectivity index (χ3n) is 5.35. The van der Waals surface area contributed by atoms with Crippen molar-refractivity contribution in [3.63, 3.8) is 0 Å². The molecule has 3 N–H and O–H groups in total. The third kappa shape index (κ3) is 3.41. The first-order valence-corrected chi connectivity index (χ1v) is 9.71. The van der Waals surface area contributed by atoms with Gasteiger partial charge < -0.3 is 16.0 Å². The molecule has 6 nitrogen and oxygen atoms in total. The maximum Gasteiger partial charge on any atom is 0.271 e. The van der Waals surface area contributed by atoms with Crippen molar-refractivity contribution in [3.05, 3.63) is 11.1 Å². The average Bonchev–Trinajstić information content (AvgIpc) is 2.99. The first kappa shape index (κ1) is 17.2. The normalized spacial score (nSPS) is 27.6. The van der Waals surface area contributed by atoms with Crippen molar-refractivity contribution in [1.29, 1.82) is 0 Å². The van der Waals surface area contributed by atoms with Crippen molar-refractivity contribution in [2.24, 2.45) is 5.92 Å². The Morgan fingerprint density at radius 1 is 1.42 bits per heavy atom. The lowest BCUT2D eigenvalue weighted by Crippen LogP contribution is -2.59. The van der Waals surface area contributed by atoms with Crippen LogP contribution in [0.3, 0.4) is 0 Å². The lowest BCUT2D eigenvalue weighted by atomic mass is 9.80. The van der Waals surface area contributed by atoms with Crippen LogP contribution in [0.5, 0.6) is 0 Å². The van der Waals surface area contributed by atoms with Crippen molar-refractivity contribution in [2.45, 2.75) is 70.5 Å².